The lowest BCUT2D eigenvalue weighted by Crippen LogP contribution is -2.48. The monoisotopic (exact) mass is 616 g/mol. The summed E-state index contributed by atoms with van der Waals surface area (Å²) in [5.41, 5.74) is 1.27. The summed E-state index contributed by atoms with van der Waals surface area (Å²) in [7, 11) is -2.07. The normalized spacial score (nSPS) is 13.1. The molecule has 234 valence electrons. The Morgan fingerprint density at radius 2 is 1.60 bits per heavy atom. The first kappa shape index (κ1) is 34.2. The highest BCUT2D eigenvalue weighted by atomic mass is 32.2. The first-order chi connectivity index (χ1) is 20.5. The SMILES string of the molecule is CCCC(CCC)CS(=O)(=O)c1cccc(C(=O)N[C@@H](Cc2cc(F)cc(F)c2)[C@H](O)CNCc2cccc(OC)c2)c1. The zero-order valence-electron chi connectivity index (χ0n) is 25.0. The van der Waals surface area contributed by atoms with Gasteiger partial charge in [-0.3, -0.25) is 4.79 Å². The molecule has 0 saturated carbocycles. The van der Waals surface area contributed by atoms with Crippen molar-refractivity contribution in [1.29, 1.82) is 0 Å². The predicted octanol–water partition coefficient (Wildman–Crippen LogP) is 5.46. The van der Waals surface area contributed by atoms with E-state index in [1.807, 2.05) is 38.1 Å². The number of aliphatic hydroxyl groups excluding tert-OH is 1. The van der Waals surface area contributed by atoms with Gasteiger partial charge in [0.25, 0.3) is 5.91 Å². The second kappa shape index (κ2) is 16.5. The van der Waals surface area contributed by atoms with Crippen molar-refractivity contribution < 1.29 is 31.8 Å². The highest BCUT2D eigenvalue weighted by molar-refractivity contribution is 7.91. The van der Waals surface area contributed by atoms with Crippen LogP contribution in [-0.2, 0) is 22.8 Å². The van der Waals surface area contributed by atoms with Gasteiger partial charge in [-0.1, -0.05) is 44.9 Å². The van der Waals surface area contributed by atoms with Gasteiger partial charge in [0.05, 0.1) is 29.9 Å². The number of carbonyl (C=O) groups excluding carboxylic acids is 1. The van der Waals surface area contributed by atoms with E-state index in [2.05, 4.69) is 10.6 Å². The Morgan fingerprint density at radius 3 is 2.26 bits per heavy atom. The lowest BCUT2D eigenvalue weighted by molar-refractivity contribution is 0.0829. The quantitative estimate of drug-likeness (QED) is 0.186. The maximum absolute atomic E-state index is 13.9. The van der Waals surface area contributed by atoms with E-state index in [0.29, 0.717) is 12.3 Å². The average molecular weight is 617 g/mol. The third kappa shape index (κ3) is 10.7. The van der Waals surface area contributed by atoms with Gasteiger partial charge in [0, 0.05) is 24.7 Å². The van der Waals surface area contributed by atoms with Gasteiger partial charge in [0.15, 0.2) is 9.84 Å². The van der Waals surface area contributed by atoms with Gasteiger partial charge in [-0.05, 0) is 78.8 Å². The van der Waals surface area contributed by atoms with Gasteiger partial charge in [0.1, 0.15) is 17.4 Å². The van der Waals surface area contributed by atoms with Gasteiger partial charge >= 0.3 is 0 Å². The van der Waals surface area contributed by atoms with Crippen LogP contribution in [0.4, 0.5) is 8.78 Å². The van der Waals surface area contributed by atoms with Crippen LogP contribution in [0.15, 0.2) is 71.6 Å². The van der Waals surface area contributed by atoms with E-state index in [-0.39, 0.29) is 40.7 Å². The minimum Gasteiger partial charge on any atom is -0.497 e. The largest absolute Gasteiger partial charge is 0.497 e. The van der Waals surface area contributed by atoms with Crippen LogP contribution in [0.25, 0.3) is 0 Å². The first-order valence-corrected chi connectivity index (χ1v) is 16.3. The molecule has 3 N–H and O–H groups in total. The van der Waals surface area contributed by atoms with E-state index in [0.717, 1.165) is 49.4 Å². The Balaban J connectivity index is 1.78. The fourth-order valence-electron chi connectivity index (χ4n) is 5.17. The predicted molar refractivity (Wildman–Crippen MR) is 164 cm³/mol. The second-order valence-corrected chi connectivity index (χ2v) is 12.9. The molecule has 0 saturated heterocycles. The van der Waals surface area contributed by atoms with Crippen molar-refractivity contribution in [1.82, 2.24) is 10.6 Å². The van der Waals surface area contributed by atoms with Crippen LogP contribution in [0.2, 0.25) is 0 Å². The van der Waals surface area contributed by atoms with Crippen LogP contribution in [0, 0.1) is 17.6 Å². The van der Waals surface area contributed by atoms with Crippen molar-refractivity contribution in [3.8, 4) is 5.75 Å². The van der Waals surface area contributed by atoms with Crippen molar-refractivity contribution in [2.45, 2.75) is 69.5 Å². The van der Waals surface area contributed by atoms with Gasteiger partial charge in [0.2, 0.25) is 0 Å². The summed E-state index contributed by atoms with van der Waals surface area (Å²) in [4.78, 5) is 13.4. The van der Waals surface area contributed by atoms with E-state index in [9.17, 15) is 27.1 Å². The lowest BCUT2D eigenvalue weighted by atomic mass is 10.00. The van der Waals surface area contributed by atoms with E-state index < -0.39 is 39.5 Å². The minimum absolute atomic E-state index is 0.00514. The summed E-state index contributed by atoms with van der Waals surface area (Å²) < 4.78 is 59.5. The van der Waals surface area contributed by atoms with Gasteiger partial charge in [-0.25, -0.2) is 17.2 Å². The number of rotatable bonds is 17. The average Bonchev–Trinajstić information content (AvgIpc) is 2.96. The van der Waals surface area contributed by atoms with Gasteiger partial charge in [-0.2, -0.15) is 0 Å². The van der Waals surface area contributed by atoms with E-state index in [4.69, 9.17) is 4.74 Å². The molecule has 3 aromatic carbocycles. The molecule has 0 aliphatic rings. The molecule has 1 amide bonds. The maximum Gasteiger partial charge on any atom is 0.251 e. The van der Waals surface area contributed by atoms with Crippen LogP contribution in [0.1, 0.15) is 61.0 Å². The third-order valence-electron chi connectivity index (χ3n) is 7.28. The van der Waals surface area contributed by atoms with E-state index >= 15 is 0 Å². The molecule has 7 nitrogen and oxygen atoms in total. The van der Waals surface area contributed by atoms with Crippen LogP contribution in [0.5, 0.6) is 5.75 Å². The highest BCUT2D eigenvalue weighted by Gasteiger charge is 2.25. The molecule has 0 fully saturated rings. The Labute approximate surface area is 253 Å². The topological polar surface area (TPSA) is 105 Å². The van der Waals surface area contributed by atoms with Crippen molar-refractivity contribution in [3.63, 3.8) is 0 Å². The molecule has 0 bridgehead atoms. The first-order valence-electron chi connectivity index (χ1n) is 14.6. The number of methoxy groups -OCH3 is 1. The number of carbonyl (C=O) groups is 1. The van der Waals surface area contributed by atoms with E-state index in [1.54, 1.807) is 7.11 Å². The summed E-state index contributed by atoms with van der Waals surface area (Å²) in [6, 6.07) is 15.3. The highest BCUT2D eigenvalue weighted by Crippen LogP contribution is 2.22. The van der Waals surface area contributed by atoms with Gasteiger partial charge < -0.3 is 20.5 Å². The Hall–Kier alpha value is -3.34. The number of halogens is 2. The second-order valence-electron chi connectivity index (χ2n) is 10.9. The molecule has 0 aliphatic carbocycles. The molecule has 2 atom stereocenters. The molecule has 0 aliphatic heterocycles. The summed E-state index contributed by atoms with van der Waals surface area (Å²) in [6.45, 7) is 4.51. The van der Waals surface area contributed by atoms with Crippen LogP contribution < -0.4 is 15.4 Å². The van der Waals surface area contributed by atoms with Crippen molar-refractivity contribution >= 4 is 15.7 Å². The zero-order valence-corrected chi connectivity index (χ0v) is 25.8. The molecular weight excluding hydrogens is 574 g/mol. The van der Waals surface area contributed by atoms with Gasteiger partial charge in [-0.15, -0.1) is 0 Å². The number of hydrogen-bond donors (Lipinski definition) is 3. The standard InChI is InChI=1S/C33H42F2N2O5S/c1-4-8-23(9-5-2)22-43(40,41)30-13-7-11-26(18-30)33(39)37-31(17-25-14-27(34)19-28(35)15-25)32(38)21-36-20-24-10-6-12-29(16-24)42-3/h6-7,10-16,18-19,23,31-32,36,38H,4-5,8-9,17,20-22H2,1-3H3,(H,37,39)/t31-,32+/m0/s1. The zero-order chi connectivity index (χ0) is 31.4. The summed E-state index contributed by atoms with van der Waals surface area (Å²) in [5.74, 6) is -1.42. The van der Waals surface area contributed by atoms with Crippen LogP contribution in [-0.4, -0.2) is 51.0 Å². The van der Waals surface area contributed by atoms with Crippen molar-refractivity contribution in [2.24, 2.45) is 5.92 Å². The number of ether oxygens (including phenoxy) is 1. The molecule has 0 heterocycles. The molecule has 0 spiro atoms. The summed E-state index contributed by atoms with van der Waals surface area (Å²) in [5, 5.41) is 17.0. The molecule has 3 aromatic rings. The molecule has 3 rings (SSSR count). The molecular formula is C33H42F2N2O5S. The third-order valence-corrected chi connectivity index (χ3v) is 9.16. The molecule has 43 heavy (non-hydrogen) atoms. The Kier molecular flexibility index (Phi) is 13.1. The fraction of sp³-hybridized carbons (Fsp3) is 0.424. The number of benzene rings is 3. The molecule has 0 aromatic heterocycles. The number of nitrogens with one attached hydrogen (secondary N) is 2. The summed E-state index contributed by atoms with van der Waals surface area (Å²) in [6.07, 6.45) is 2.18. The number of sulfone groups is 1. The number of amides is 1. The van der Waals surface area contributed by atoms with Crippen LogP contribution >= 0.6 is 0 Å². The summed E-state index contributed by atoms with van der Waals surface area (Å²) >= 11 is 0. The lowest BCUT2D eigenvalue weighted by Gasteiger charge is -2.25. The van der Waals surface area contributed by atoms with Crippen molar-refractivity contribution in [2.75, 3.05) is 19.4 Å². The number of hydrogen-bond acceptors (Lipinski definition) is 6. The smallest absolute Gasteiger partial charge is 0.251 e. The van der Waals surface area contributed by atoms with E-state index in [1.165, 1.54) is 24.3 Å². The fourth-order valence-corrected chi connectivity index (χ4v) is 6.91. The minimum atomic E-state index is -3.64. The molecule has 0 unspecified atom stereocenters. The maximum atomic E-state index is 13.9. The van der Waals surface area contributed by atoms with Crippen LogP contribution in [0.3, 0.4) is 0 Å². The molecule has 0 radical (unpaired) electrons. The Morgan fingerprint density at radius 1 is 0.930 bits per heavy atom. The van der Waals surface area contributed by atoms with Crippen molar-refractivity contribution in [3.05, 3.63) is 95.1 Å². The molecule has 10 heteroatoms. The Bertz CT molecular complexity index is 1420. The number of aliphatic hydroxyl groups is 1.